The number of aryl methyl sites for hydroxylation is 3. The van der Waals surface area contributed by atoms with Crippen molar-refractivity contribution in [1.29, 1.82) is 0 Å². The lowest BCUT2D eigenvalue weighted by Gasteiger charge is -2.20. The molecule has 64 heavy (non-hydrogen) atoms. The van der Waals surface area contributed by atoms with Crippen molar-refractivity contribution < 1.29 is 43.3 Å². The summed E-state index contributed by atoms with van der Waals surface area (Å²) in [6, 6.07) is 13.1. The number of carbonyl (C=O) groups excluding carboxylic acids is 5. The number of benzene rings is 2. The molecule has 4 amide bonds. The third-order valence-electron chi connectivity index (χ3n) is 11.1. The van der Waals surface area contributed by atoms with Gasteiger partial charge in [-0.25, -0.2) is 9.78 Å². The van der Waals surface area contributed by atoms with Gasteiger partial charge < -0.3 is 58.4 Å². The summed E-state index contributed by atoms with van der Waals surface area (Å²) in [5.41, 5.74) is 4.45. The van der Waals surface area contributed by atoms with Gasteiger partial charge in [0, 0.05) is 76.6 Å². The lowest BCUT2D eigenvalue weighted by molar-refractivity contribution is -0.116. The summed E-state index contributed by atoms with van der Waals surface area (Å²) in [5, 5.41) is 20.4. The van der Waals surface area contributed by atoms with Crippen LogP contribution in [0.15, 0.2) is 90.5 Å². The average Bonchev–Trinajstić information content (AvgIpc) is 4.10. The van der Waals surface area contributed by atoms with Crippen molar-refractivity contribution in [2.45, 2.75) is 31.5 Å². The summed E-state index contributed by atoms with van der Waals surface area (Å²) < 4.78 is 22.7. The largest absolute Gasteiger partial charge is 0.493 e. The smallest absolute Gasteiger partial charge is 0.337 e. The molecule has 330 valence electrons. The van der Waals surface area contributed by atoms with Gasteiger partial charge in [0.15, 0.2) is 23.5 Å². The molecule has 2 aliphatic heterocycles. The molecule has 0 radical (unpaired) electrons. The van der Waals surface area contributed by atoms with E-state index in [0.717, 1.165) is 11.0 Å². The summed E-state index contributed by atoms with van der Waals surface area (Å²) in [6.45, 7) is 4.67. The number of hydrogen-bond donors (Lipinski definition) is 4. The summed E-state index contributed by atoms with van der Waals surface area (Å²) in [6.07, 6.45) is 8.22. The number of aliphatic hydroxyl groups is 1. The molecule has 19 nitrogen and oxygen atoms in total. The van der Waals surface area contributed by atoms with Crippen molar-refractivity contribution >= 4 is 69.6 Å². The average molecular weight is 871 g/mol. The third-order valence-corrected chi connectivity index (χ3v) is 11.1. The van der Waals surface area contributed by atoms with E-state index in [2.05, 4.69) is 32.5 Å². The third kappa shape index (κ3) is 8.47. The molecule has 1 fully saturated rings. The number of imidazole rings is 1. The maximum atomic E-state index is 13.4. The summed E-state index contributed by atoms with van der Waals surface area (Å²) in [7, 11) is 7.82. The van der Waals surface area contributed by atoms with Crippen molar-refractivity contribution in [2.75, 3.05) is 43.3 Å². The van der Waals surface area contributed by atoms with Gasteiger partial charge in [-0.15, -0.1) is 0 Å². The van der Waals surface area contributed by atoms with Crippen LogP contribution in [0.25, 0.3) is 10.9 Å². The second kappa shape index (κ2) is 17.4. The number of aromatic nitrogens is 5. The maximum absolute atomic E-state index is 13.4. The molecule has 0 aliphatic carbocycles. The molecule has 2 aliphatic rings. The predicted octanol–water partition coefficient (Wildman–Crippen LogP) is 5.18. The van der Waals surface area contributed by atoms with E-state index < -0.39 is 24.0 Å². The molecule has 6 aromatic rings. The lowest BCUT2D eigenvalue weighted by Crippen LogP contribution is -2.35. The highest BCUT2D eigenvalue weighted by Gasteiger charge is 2.34. The van der Waals surface area contributed by atoms with E-state index in [1.165, 1.54) is 31.0 Å². The minimum atomic E-state index is -1.11. The molecule has 1 saturated heterocycles. The van der Waals surface area contributed by atoms with E-state index in [0.29, 0.717) is 70.3 Å². The predicted molar refractivity (Wildman–Crippen MR) is 237 cm³/mol. The minimum absolute atomic E-state index is 0.0186. The SMILES string of the molecule is C=C1C[C@H]2C=Nc3cc(OCCCC(=O)Nc4cn(C)c(C(=O)Nc5cc(C(=O)Nc6cc(C(O)n7ccc8cc(C(=O)OC)ccc87)n(C)c6)n(C)c5)n4)c(OC)cc3C(=O)N2C1. The molecule has 19 heteroatoms. The minimum Gasteiger partial charge on any atom is -0.493 e. The number of nitrogens with one attached hydrogen (secondary N) is 3. The lowest BCUT2D eigenvalue weighted by atomic mass is 10.1. The summed E-state index contributed by atoms with van der Waals surface area (Å²) in [5.74, 6) is -1.01. The van der Waals surface area contributed by atoms with Gasteiger partial charge in [-0.1, -0.05) is 12.2 Å². The van der Waals surface area contributed by atoms with Gasteiger partial charge in [0.2, 0.25) is 11.7 Å². The molecule has 0 spiro atoms. The number of carbonyl (C=O) groups is 5. The molecule has 4 N–H and O–H groups in total. The number of esters is 1. The molecule has 4 aromatic heterocycles. The van der Waals surface area contributed by atoms with E-state index in [1.54, 1.807) is 107 Å². The Morgan fingerprint density at radius 1 is 0.906 bits per heavy atom. The quantitative estimate of drug-likeness (QED) is 0.0639. The van der Waals surface area contributed by atoms with E-state index in [1.807, 2.05) is 0 Å². The molecule has 1 unspecified atom stereocenters. The fraction of sp³-hybridized carbons (Fsp3) is 0.267. The molecule has 0 bridgehead atoms. The molecule has 2 atom stereocenters. The highest BCUT2D eigenvalue weighted by atomic mass is 16.5. The van der Waals surface area contributed by atoms with Gasteiger partial charge >= 0.3 is 5.97 Å². The molecule has 0 saturated carbocycles. The monoisotopic (exact) mass is 870 g/mol. The number of rotatable bonds is 14. The van der Waals surface area contributed by atoms with Gasteiger partial charge in [-0.3, -0.25) is 24.2 Å². The number of hydrogen-bond acceptors (Lipinski definition) is 11. The summed E-state index contributed by atoms with van der Waals surface area (Å²) in [4.78, 5) is 75.5. The number of anilines is 3. The van der Waals surface area contributed by atoms with Crippen LogP contribution in [-0.2, 0) is 30.7 Å². The Morgan fingerprint density at radius 3 is 2.45 bits per heavy atom. The number of ether oxygens (including phenoxy) is 3. The number of amides is 4. The van der Waals surface area contributed by atoms with Crippen LogP contribution in [0.4, 0.5) is 22.9 Å². The number of aliphatic hydroxyl groups excluding tert-OH is 1. The Kier molecular flexibility index (Phi) is 11.7. The van der Waals surface area contributed by atoms with Crippen LogP contribution >= 0.6 is 0 Å². The topological polar surface area (TPSA) is 218 Å². The van der Waals surface area contributed by atoms with Gasteiger partial charge in [0.25, 0.3) is 17.7 Å². The van der Waals surface area contributed by atoms with E-state index >= 15 is 0 Å². The number of methoxy groups -OCH3 is 2. The highest BCUT2D eigenvalue weighted by molar-refractivity contribution is 6.07. The van der Waals surface area contributed by atoms with Crippen molar-refractivity contribution in [2.24, 2.45) is 26.1 Å². The van der Waals surface area contributed by atoms with Crippen LogP contribution in [0, 0.1) is 0 Å². The molecular formula is C45H46N10O9. The first-order valence-corrected chi connectivity index (χ1v) is 20.2. The van der Waals surface area contributed by atoms with Gasteiger partial charge in [-0.2, -0.15) is 0 Å². The molecular weight excluding hydrogens is 825 g/mol. The molecule has 6 heterocycles. The van der Waals surface area contributed by atoms with Crippen LogP contribution in [0.2, 0.25) is 0 Å². The normalized spacial score (nSPS) is 14.8. The Labute approximate surface area is 366 Å². The number of nitrogens with zero attached hydrogens (tertiary/aromatic N) is 7. The summed E-state index contributed by atoms with van der Waals surface area (Å²) >= 11 is 0. The Bertz CT molecular complexity index is 2900. The second-order valence-corrected chi connectivity index (χ2v) is 15.6. The van der Waals surface area contributed by atoms with Gasteiger partial charge in [0.05, 0.1) is 66.3 Å². The fourth-order valence-electron chi connectivity index (χ4n) is 7.87. The van der Waals surface area contributed by atoms with Gasteiger partial charge in [-0.05, 0) is 55.3 Å². The zero-order valence-electron chi connectivity index (χ0n) is 35.7. The van der Waals surface area contributed by atoms with Crippen molar-refractivity contribution in [3.63, 3.8) is 0 Å². The Morgan fingerprint density at radius 2 is 1.67 bits per heavy atom. The first-order chi connectivity index (χ1) is 30.7. The maximum Gasteiger partial charge on any atom is 0.337 e. The fourth-order valence-corrected chi connectivity index (χ4v) is 7.87. The van der Waals surface area contributed by atoms with Crippen molar-refractivity contribution in [1.82, 2.24) is 28.2 Å². The Hall–Kier alpha value is -7.93. The number of fused-ring (bicyclic) bond motifs is 3. The Balaban J connectivity index is 0.835. The highest BCUT2D eigenvalue weighted by Crippen LogP contribution is 2.38. The van der Waals surface area contributed by atoms with Crippen molar-refractivity contribution in [3.05, 3.63) is 114 Å². The van der Waals surface area contributed by atoms with Crippen LogP contribution in [0.5, 0.6) is 11.5 Å². The standard InChI is InChI=1S/C45H46N10O9/c1-25-14-30-20-46-32-19-37(36(62-5)18-31(32)43(59)55(30)21-25)64-13-7-8-39(56)49-38-24-53(4)40(50-38)42(58)48-28-16-34(51(2)22-28)41(57)47-29-17-35(52(3)23-29)44(60)54-12-11-26-15-27(45(61)63-6)9-10-33(26)54/h9-12,15-20,22-24,30,44,60H,1,7-8,13-14,21H2,2-6H3,(H,47,57)(H,48,58)(H,49,56)/t30-,44?/m0/s1. The van der Waals surface area contributed by atoms with Crippen LogP contribution in [-0.4, -0.2) is 102 Å². The second-order valence-electron chi connectivity index (χ2n) is 15.6. The van der Waals surface area contributed by atoms with Crippen LogP contribution in [0.1, 0.15) is 73.0 Å². The molecule has 2 aromatic carbocycles. The van der Waals surface area contributed by atoms with Gasteiger partial charge in [0.1, 0.15) is 5.69 Å². The molecule has 8 rings (SSSR count). The van der Waals surface area contributed by atoms with Crippen LogP contribution in [0.3, 0.4) is 0 Å². The first kappa shape index (κ1) is 42.7. The van der Waals surface area contributed by atoms with E-state index in [-0.39, 0.29) is 48.2 Å². The van der Waals surface area contributed by atoms with E-state index in [9.17, 15) is 29.1 Å². The number of aliphatic imine (C=N–C) groups is 1. The first-order valence-electron chi connectivity index (χ1n) is 20.2. The van der Waals surface area contributed by atoms with E-state index in [4.69, 9.17) is 14.2 Å². The zero-order chi connectivity index (χ0) is 45.4. The van der Waals surface area contributed by atoms with Crippen molar-refractivity contribution in [3.8, 4) is 11.5 Å². The van der Waals surface area contributed by atoms with Crippen LogP contribution < -0.4 is 25.4 Å². The zero-order valence-corrected chi connectivity index (χ0v) is 35.7.